The quantitative estimate of drug-likeness (QED) is 0.0431. The fourth-order valence-corrected chi connectivity index (χ4v) is 8.02. The van der Waals surface area contributed by atoms with Crippen molar-refractivity contribution in [2.24, 2.45) is 41.4 Å². The summed E-state index contributed by atoms with van der Waals surface area (Å²) in [7, 11) is 0. The lowest BCUT2D eigenvalue weighted by molar-refractivity contribution is -0.172. The lowest BCUT2D eigenvalue weighted by Gasteiger charge is -2.35. The zero-order valence-corrected chi connectivity index (χ0v) is 32.8. The lowest BCUT2D eigenvalue weighted by Crippen LogP contribution is -2.44. The van der Waals surface area contributed by atoms with Gasteiger partial charge in [-0.3, -0.25) is 9.59 Å². The highest BCUT2D eigenvalue weighted by atomic mass is 16.6. The molecule has 50 heavy (non-hydrogen) atoms. The minimum atomic E-state index is -0.781. The van der Waals surface area contributed by atoms with Crippen LogP contribution in [0.2, 0.25) is 0 Å². The maximum atomic E-state index is 12.8. The van der Waals surface area contributed by atoms with E-state index in [9.17, 15) is 30.0 Å². The van der Waals surface area contributed by atoms with E-state index in [0.717, 1.165) is 38.5 Å². The monoisotopic (exact) mass is 709 g/mol. The first kappa shape index (κ1) is 44.4. The Morgan fingerprint density at radius 1 is 0.820 bits per heavy atom. The number of ether oxygens (including phenoxy) is 2. The second-order valence-corrected chi connectivity index (χ2v) is 17.1. The molecule has 0 bridgehead atoms. The first-order chi connectivity index (χ1) is 23.2. The Hall–Kier alpha value is -1.78. The molecule has 14 atom stereocenters. The molecule has 0 aromatic rings. The Balaban J connectivity index is 1.77. The fraction of sp³-hybridized carbons (Fsp3) is 0.854. The van der Waals surface area contributed by atoms with Crippen LogP contribution >= 0.6 is 0 Å². The van der Waals surface area contributed by atoms with Crippen LogP contribution in [0.1, 0.15) is 140 Å². The zero-order chi connectivity index (χ0) is 38.0. The average Bonchev–Trinajstić information content (AvgIpc) is 3.63. The molecular formula is C41H72O9. The molecule has 0 amide bonds. The summed E-state index contributed by atoms with van der Waals surface area (Å²) < 4.78 is 12.7. The van der Waals surface area contributed by atoms with Gasteiger partial charge in [0.2, 0.25) is 0 Å². The summed E-state index contributed by atoms with van der Waals surface area (Å²) in [5.41, 5.74) is -1.01. The van der Waals surface area contributed by atoms with Crippen LogP contribution in [0.3, 0.4) is 0 Å². The van der Waals surface area contributed by atoms with Crippen molar-refractivity contribution < 1.29 is 44.6 Å². The number of aliphatic carboxylic acids is 1. The molecule has 0 radical (unpaired) electrons. The minimum absolute atomic E-state index is 0.0809. The van der Waals surface area contributed by atoms with E-state index in [2.05, 4.69) is 33.8 Å². The van der Waals surface area contributed by atoms with Gasteiger partial charge in [-0.15, -0.1) is 0 Å². The van der Waals surface area contributed by atoms with Gasteiger partial charge in [0.25, 0.3) is 0 Å². The smallest absolute Gasteiger partial charge is 0.303 e. The van der Waals surface area contributed by atoms with Gasteiger partial charge in [-0.1, -0.05) is 60.6 Å². The van der Waals surface area contributed by atoms with Crippen LogP contribution in [0.15, 0.2) is 24.0 Å². The van der Waals surface area contributed by atoms with Gasteiger partial charge in [-0.2, -0.15) is 0 Å². The second kappa shape index (κ2) is 19.9. The van der Waals surface area contributed by atoms with Crippen molar-refractivity contribution in [1.29, 1.82) is 0 Å². The number of rotatable bonds is 22. The molecule has 9 heteroatoms. The molecule has 2 saturated heterocycles. The molecule has 0 saturated carbocycles. The predicted octanol–water partition coefficient (Wildman–Crippen LogP) is 7.80. The summed E-state index contributed by atoms with van der Waals surface area (Å²) in [6, 6.07) is 0. The van der Waals surface area contributed by atoms with E-state index in [4.69, 9.17) is 14.6 Å². The molecule has 2 aliphatic rings. The van der Waals surface area contributed by atoms with Gasteiger partial charge in [0.1, 0.15) is 0 Å². The summed E-state index contributed by atoms with van der Waals surface area (Å²) >= 11 is 0. The van der Waals surface area contributed by atoms with Crippen molar-refractivity contribution in [2.75, 3.05) is 0 Å². The van der Waals surface area contributed by atoms with E-state index >= 15 is 0 Å². The average molecular weight is 709 g/mol. The topological polar surface area (TPSA) is 154 Å². The number of hydrogen-bond donors (Lipinski definition) is 5. The summed E-state index contributed by atoms with van der Waals surface area (Å²) in [5.74, 6) is -0.810. The van der Waals surface area contributed by atoms with E-state index in [1.54, 1.807) is 6.92 Å². The fourth-order valence-electron chi connectivity index (χ4n) is 8.02. The van der Waals surface area contributed by atoms with Gasteiger partial charge in [0.15, 0.2) is 5.78 Å². The van der Waals surface area contributed by atoms with Crippen molar-refractivity contribution in [3.8, 4) is 0 Å². The molecule has 2 rings (SSSR count). The molecule has 290 valence electrons. The van der Waals surface area contributed by atoms with E-state index < -0.39 is 35.5 Å². The number of hydrogen-bond acceptors (Lipinski definition) is 8. The lowest BCUT2D eigenvalue weighted by atomic mass is 9.85. The first-order valence-corrected chi connectivity index (χ1v) is 19.4. The van der Waals surface area contributed by atoms with Gasteiger partial charge in [-0.05, 0) is 103 Å². The maximum Gasteiger partial charge on any atom is 0.303 e. The van der Waals surface area contributed by atoms with E-state index in [1.165, 1.54) is 6.08 Å². The van der Waals surface area contributed by atoms with E-state index in [0.29, 0.717) is 25.7 Å². The maximum absolute atomic E-state index is 12.8. The Morgan fingerprint density at radius 2 is 1.46 bits per heavy atom. The molecule has 0 unspecified atom stereocenters. The zero-order valence-electron chi connectivity index (χ0n) is 32.8. The summed E-state index contributed by atoms with van der Waals surface area (Å²) in [6.07, 6.45) is 10.8. The summed E-state index contributed by atoms with van der Waals surface area (Å²) in [5, 5.41) is 51.9. The first-order valence-electron chi connectivity index (χ1n) is 19.4. The van der Waals surface area contributed by atoms with E-state index in [-0.39, 0.29) is 71.6 Å². The Kier molecular flexibility index (Phi) is 17.7. The minimum Gasteiger partial charge on any atom is -0.512 e. The largest absolute Gasteiger partial charge is 0.512 e. The van der Waals surface area contributed by atoms with Crippen LogP contribution in [0.25, 0.3) is 0 Å². The van der Waals surface area contributed by atoms with Gasteiger partial charge in [0, 0.05) is 36.2 Å². The third-order valence-corrected chi connectivity index (χ3v) is 11.9. The number of aliphatic hydroxyl groups is 4. The second-order valence-electron chi connectivity index (χ2n) is 17.1. The van der Waals surface area contributed by atoms with Gasteiger partial charge in [0.05, 0.1) is 47.5 Å². The highest BCUT2D eigenvalue weighted by Gasteiger charge is 2.51. The number of carbonyl (C=O) groups is 2. The Bertz CT molecular complexity index is 1120. The Morgan fingerprint density at radius 3 is 2.06 bits per heavy atom. The molecule has 2 aliphatic heterocycles. The number of aliphatic hydroxyl groups excluding tert-OH is 4. The molecule has 5 N–H and O–H groups in total. The van der Waals surface area contributed by atoms with Crippen LogP contribution < -0.4 is 0 Å². The molecule has 0 aromatic heterocycles. The van der Waals surface area contributed by atoms with Crippen LogP contribution in [-0.4, -0.2) is 79.0 Å². The van der Waals surface area contributed by atoms with Crippen molar-refractivity contribution in [3.63, 3.8) is 0 Å². The molecule has 9 nitrogen and oxygen atoms in total. The highest BCUT2D eigenvalue weighted by molar-refractivity contribution is 5.91. The van der Waals surface area contributed by atoms with Crippen LogP contribution in [0.4, 0.5) is 0 Å². The predicted molar refractivity (Wildman–Crippen MR) is 198 cm³/mol. The van der Waals surface area contributed by atoms with Crippen molar-refractivity contribution in [3.05, 3.63) is 24.0 Å². The number of ketones is 1. The number of carbonyl (C=O) groups excluding carboxylic acids is 1. The third kappa shape index (κ3) is 13.6. The molecule has 0 aliphatic carbocycles. The van der Waals surface area contributed by atoms with Crippen LogP contribution in [0.5, 0.6) is 0 Å². The summed E-state index contributed by atoms with van der Waals surface area (Å²) in [4.78, 5) is 23.7. The molecule has 0 aromatic carbocycles. The molecule has 2 fully saturated rings. The summed E-state index contributed by atoms with van der Waals surface area (Å²) in [6.45, 7) is 19.7. The van der Waals surface area contributed by atoms with Crippen molar-refractivity contribution in [1.82, 2.24) is 0 Å². The molecule has 2 heterocycles. The number of allylic oxidation sites excluding steroid dienone is 3. The van der Waals surface area contributed by atoms with Gasteiger partial charge >= 0.3 is 5.97 Å². The van der Waals surface area contributed by atoms with Crippen LogP contribution in [-0.2, 0) is 19.1 Å². The standard InChI is InChI=1S/C41H72O9/c1-25(21-29(5)34(43)24-35(44)30(6)22-27(3)20-26(2)14-15-38(46)47)12-11-13-28(4)39(48)31(7)36(45)23-33-16-18-41(10,49-33)37-17-19-40(9,50-37)32(8)42/h11,13,24-33,36-37,39,42-43,45,48H,12,14-23H2,1-10H3,(H,46,47)/b13-11+,34-24+/t25-,26-,27+,28-,29-,30+,31+,32-,33+,36+,37-,39-,40+,41+/m1/s1. The SMILES string of the molecule is C[C@H](CCC(=O)O)C[C@H](C)C[C@H](C)C(=O)/C=C(/O)[C@H](C)C[C@H](C)C/C=C/[C@@H](C)[C@@H](O)[C@@H](C)[C@@H](O)C[C@@H]1CC[C@@](C)([C@H]2CC[C@@](C)([C@@H](C)O)O2)O1. The Labute approximate surface area is 302 Å². The number of carboxylic acids is 1. The van der Waals surface area contributed by atoms with Gasteiger partial charge in [-0.25, -0.2) is 0 Å². The normalized spacial score (nSPS) is 30.7. The number of carboxylic acid groups (broad SMARTS) is 1. The van der Waals surface area contributed by atoms with Crippen molar-refractivity contribution >= 4 is 11.8 Å². The van der Waals surface area contributed by atoms with E-state index in [1.807, 2.05) is 40.7 Å². The van der Waals surface area contributed by atoms with Gasteiger partial charge < -0.3 is 35.0 Å². The third-order valence-electron chi connectivity index (χ3n) is 11.9. The molecular weight excluding hydrogens is 636 g/mol. The van der Waals surface area contributed by atoms with Crippen LogP contribution in [0, 0.1) is 41.4 Å². The van der Waals surface area contributed by atoms with Crippen molar-refractivity contribution in [2.45, 2.75) is 182 Å². The molecule has 0 spiro atoms. The highest BCUT2D eigenvalue weighted by Crippen LogP contribution is 2.45.